The standard InChI is InChI=1S/C19H22FIN2O2/c1-24-16-4-2-12(3-5-16)9-19-23-17(18(11-22)25-19)8-13-6-14(20)10-15(21)7-13/h2-7,10,17-19,23H,8-9,11,22H2,1H3/t17?,18-,19?/m1/s1. The largest absolute Gasteiger partial charge is 0.497 e. The Morgan fingerprint density at radius 3 is 2.56 bits per heavy atom. The van der Waals surface area contributed by atoms with Crippen LogP contribution in [0.5, 0.6) is 5.75 Å². The molecule has 134 valence electrons. The molecule has 1 aliphatic rings. The van der Waals surface area contributed by atoms with E-state index in [-0.39, 0.29) is 24.2 Å². The van der Waals surface area contributed by atoms with Gasteiger partial charge in [0.25, 0.3) is 0 Å². The summed E-state index contributed by atoms with van der Waals surface area (Å²) in [5, 5.41) is 3.50. The first-order valence-corrected chi connectivity index (χ1v) is 9.34. The maximum absolute atomic E-state index is 13.6. The lowest BCUT2D eigenvalue weighted by atomic mass is 10.0. The van der Waals surface area contributed by atoms with Gasteiger partial charge in [-0.2, -0.15) is 0 Å². The summed E-state index contributed by atoms with van der Waals surface area (Å²) in [5.41, 5.74) is 7.99. The van der Waals surface area contributed by atoms with Gasteiger partial charge in [0, 0.05) is 22.6 Å². The van der Waals surface area contributed by atoms with Crippen LogP contribution in [0, 0.1) is 9.39 Å². The Morgan fingerprint density at radius 1 is 1.16 bits per heavy atom. The van der Waals surface area contributed by atoms with Crippen LogP contribution < -0.4 is 15.8 Å². The second kappa shape index (κ2) is 8.44. The van der Waals surface area contributed by atoms with Crippen molar-refractivity contribution in [2.24, 2.45) is 5.73 Å². The molecule has 3 rings (SSSR count). The minimum absolute atomic E-state index is 0.0749. The van der Waals surface area contributed by atoms with Gasteiger partial charge in [0.2, 0.25) is 0 Å². The van der Waals surface area contributed by atoms with Gasteiger partial charge < -0.3 is 15.2 Å². The van der Waals surface area contributed by atoms with E-state index in [0.717, 1.165) is 26.9 Å². The lowest BCUT2D eigenvalue weighted by Crippen LogP contribution is -2.38. The van der Waals surface area contributed by atoms with Crippen molar-refractivity contribution in [2.45, 2.75) is 31.2 Å². The van der Waals surface area contributed by atoms with E-state index in [1.54, 1.807) is 13.2 Å². The summed E-state index contributed by atoms with van der Waals surface area (Å²) < 4.78 is 25.7. The molecule has 25 heavy (non-hydrogen) atoms. The van der Waals surface area contributed by atoms with E-state index >= 15 is 0 Å². The molecule has 1 aliphatic heterocycles. The molecular formula is C19H22FIN2O2. The van der Waals surface area contributed by atoms with E-state index in [1.165, 1.54) is 6.07 Å². The molecule has 2 aromatic carbocycles. The second-order valence-electron chi connectivity index (χ2n) is 6.21. The lowest BCUT2D eigenvalue weighted by Gasteiger charge is -2.16. The normalized spacial score (nSPS) is 23.0. The van der Waals surface area contributed by atoms with Crippen molar-refractivity contribution in [2.75, 3.05) is 13.7 Å². The Hall–Kier alpha value is -1.22. The van der Waals surface area contributed by atoms with Crippen molar-refractivity contribution in [3.8, 4) is 5.75 Å². The van der Waals surface area contributed by atoms with E-state index in [1.807, 2.05) is 30.3 Å². The van der Waals surface area contributed by atoms with Crippen LogP contribution >= 0.6 is 22.6 Å². The topological polar surface area (TPSA) is 56.5 Å². The van der Waals surface area contributed by atoms with Crippen LogP contribution in [-0.4, -0.2) is 32.0 Å². The van der Waals surface area contributed by atoms with Crippen molar-refractivity contribution in [1.82, 2.24) is 5.32 Å². The van der Waals surface area contributed by atoms with E-state index in [2.05, 4.69) is 27.9 Å². The predicted octanol–water partition coefficient (Wildman–Crippen LogP) is 2.87. The molecule has 2 unspecified atom stereocenters. The van der Waals surface area contributed by atoms with E-state index < -0.39 is 0 Å². The smallest absolute Gasteiger partial charge is 0.124 e. The van der Waals surface area contributed by atoms with Gasteiger partial charge >= 0.3 is 0 Å². The number of hydrogen-bond acceptors (Lipinski definition) is 4. The van der Waals surface area contributed by atoms with Gasteiger partial charge in [-0.1, -0.05) is 12.1 Å². The van der Waals surface area contributed by atoms with Crippen molar-refractivity contribution in [3.05, 3.63) is 63.0 Å². The quantitative estimate of drug-likeness (QED) is 0.657. The summed E-state index contributed by atoms with van der Waals surface area (Å²) in [5.74, 6) is 0.627. The van der Waals surface area contributed by atoms with E-state index in [0.29, 0.717) is 13.0 Å². The number of benzene rings is 2. The fourth-order valence-corrected chi connectivity index (χ4v) is 3.86. The van der Waals surface area contributed by atoms with Crippen molar-refractivity contribution in [3.63, 3.8) is 0 Å². The monoisotopic (exact) mass is 456 g/mol. The zero-order valence-electron chi connectivity index (χ0n) is 14.0. The molecule has 1 fully saturated rings. The van der Waals surface area contributed by atoms with Crippen LogP contribution in [0.15, 0.2) is 42.5 Å². The van der Waals surface area contributed by atoms with Crippen molar-refractivity contribution >= 4 is 22.6 Å². The molecule has 0 aliphatic carbocycles. The molecule has 3 N–H and O–H groups in total. The Bertz CT molecular complexity index is 691. The molecule has 2 aromatic rings. The lowest BCUT2D eigenvalue weighted by molar-refractivity contribution is 0.0423. The highest BCUT2D eigenvalue weighted by atomic mass is 127. The second-order valence-corrected chi connectivity index (χ2v) is 7.45. The first-order chi connectivity index (χ1) is 12.1. The van der Waals surface area contributed by atoms with Gasteiger partial charge in [0.15, 0.2) is 0 Å². The van der Waals surface area contributed by atoms with Gasteiger partial charge in [-0.05, 0) is 70.5 Å². The zero-order valence-corrected chi connectivity index (χ0v) is 16.2. The number of methoxy groups -OCH3 is 1. The molecule has 0 spiro atoms. The highest BCUT2D eigenvalue weighted by Gasteiger charge is 2.33. The zero-order chi connectivity index (χ0) is 17.8. The summed E-state index contributed by atoms with van der Waals surface area (Å²) in [7, 11) is 1.65. The minimum Gasteiger partial charge on any atom is -0.497 e. The predicted molar refractivity (Wildman–Crippen MR) is 104 cm³/mol. The van der Waals surface area contributed by atoms with Crippen molar-refractivity contribution < 1.29 is 13.9 Å². The van der Waals surface area contributed by atoms with Gasteiger partial charge in [-0.25, -0.2) is 4.39 Å². The SMILES string of the molecule is COc1ccc(CC2NC(Cc3cc(F)cc(I)c3)[C@@H](CN)O2)cc1. The minimum atomic E-state index is -0.208. The number of halogens is 2. The highest BCUT2D eigenvalue weighted by Crippen LogP contribution is 2.21. The maximum atomic E-state index is 13.6. The first kappa shape index (κ1) is 18.6. The number of nitrogens with two attached hydrogens (primary N) is 1. The summed E-state index contributed by atoms with van der Waals surface area (Å²) in [6, 6.07) is 13.1. The molecule has 0 saturated carbocycles. The molecule has 0 amide bonds. The van der Waals surface area contributed by atoms with E-state index in [9.17, 15) is 4.39 Å². The van der Waals surface area contributed by atoms with Crippen LogP contribution in [-0.2, 0) is 17.6 Å². The van der Waals surface area contributed by atoms with Crippen molar-refractivity contribution in [1.29, 1.82) is 0 Å². The Labute approximate surface area is 161 Å². The summed E-state index contributed by atoms with van der Waals surface area (Å²) >= 11 is 2.13. The molecule has 1 saturated heterocycles. The average Bonchev–Trinajstić information content (AvgIpc) is 2.96. The third kappa shape index (κ3) is 4.91. The molecule has 0 radical (unpaired) electrons. The number of rotatable bonds is 6. The number of ether oxygens (including phenoxy) is 2. The van der Waals surface area contributed by atoms with Gasteiger partial charge in [-0.3, -0.25) is 5.32 Å². The Morgan fingerprint density at radius 2 is 1.92 bits per heavy atom. The van der Waals surface area contributed by atoms with Crippen LogP contribution in [0.2, 0.25) is 0 Å². The summed E-state index contributed by atoms with van der Waals surface area (Å²) in [6.45, 7) is 0.434. The molecule has 6 heteroatoms. The maximum Gasteiger partial charge on any atom is 0.124 e. The summed E-state index contributed by atoms with van der Waals surface area (Å²) in [6.07, 6.45) is 1.26. The molecular weight excluding hydrogens is 434 g/mol. The molecule has 4 nitrogen and oxygen atoms in total. The number of nitrogens with one attached hydrogen (secondary N) is 1. The Balaban J connectivity index is 1.65. The molecule has 3 atom stereocenters. The highest BCUT2D eigenvalue weighted by molar-refractivity contribution is 14.1. The third-order valence-corrected chi connectivity index (χ3v) is 5.00. The van der Waals surface area contributed by atoms with Gasteiger partial charge in [0.1, 0.15) is 17.8 Å². The van der Waals surface area contributed by atoms with Gasteiger partial charge in [0.05, 0.1) is 13.2 Å². The number of hydrogen-bond donors (Lipinski definition) is 2. The van der Waals surface area contributed by atoms with Crippen LogP contribution in [0.1, 0.15) is 11.1 Å². The fourth-order valence-electron chi connectivity index (χ4n) is 3.17. The van der Waals surface area contributed by atoms with Crippen LogP contribution in [0.3, 0.4) is 0 Å². The fraction of sp³-hybridized carbons (Fsp3) is 0.368. The van der Waals surface area contributed by atoms with Crippen LogP contribution in [0.4, 0.5) is 4.39 Å². The Kier molecular flexibility index (Phi) is 6.27. The average molecular weight is 456 g/mol. The first-order valence-electron chi connectivity index (χ1n) is 8.27. The van der Waals surface area contributed by atoms with Gasteiger partial charge in [-0.15, -0.1) is 0 Å². The van der Waals surface area contributed by atoms with E-state index in [4.69, 9.17) is 15.2 Å². The molecule has 0 aromatic heterocycles. The molecule has 0 bridgehead atoms. The van der Waals surface area contributed by atoms with Crippen LogP contribution in [0.25, 0.3) is 0 Å². The molecule has 1 heterocycles. The third-order valence-electron chi connectivity index (χ3n) is 4.38. The summed E-state index contributed by atoms with van der Waals surface area (Å²) in [4.78, 5) is 0.